The molecule has 1 fully saturated rings. The second-order valence-electron chi connectivity index (χ2n) is 10.8. The maximum atomic E-state index is 16.6. The summed E-state index contributed by atoms with van der Waals surface area (Å²) in [6.07, 6.45) is 3.54. The first-order valence-corrected chi connectivity index (χ1v) is 13.1. The highest BCUT2D eigenvalue weighted by Crippen LogP contribution is 2.43. The summed E-state index contributed by atoms with van der Waals surface area (Å²) in [4.78, 5) is 4.88. The van der Waals surface area contributed by atoms with Gasteiger partial charge in [0.2, 0.25) is 0 Å². The molecular weight excluding hydrogens is 481 g/mol. The lowest BCUT2D eigenvalue weighted by atomic mass is 9.86. The molecule has 8 heteroatoms. The SMILES string of the molecule is Cc1nnn(C)c1-c1cnc2c3ccc(C(C)(C)O)c(F)c3n([C@H](c3ccccc3)C3CCOCC3)c2c1. The Morgan fingerprint density at radius 2 is 1.84 bits per heavy atom. The fraction of sp³-hybridized carbons (Fsp3) is 0.367. The Kier molecular flexibility index (Phi) is 6.04. The number of hydrogen-bond acceptors (Lipinski definition) is 5. The van der Waals surface area contributed by atoms with Crippen LogP contribution in [-0.4, -0.2) is 42.9 Å². The quantitative estimate of drug-likeness (QED) is 0.327. The Labute approximate surface area is 220 Å². The minimum atomic E-state index is -1.34. The average Bonchev–Trinajstić information content (AvgIpc) is 3.41. The van der Waals surface area contributed by atoms with Gasteiger partial charge in [-0.05, 0) is 51.2 Å². The summed E-state index contributed by atoms with van der Waals surface area (Å²) in [5, 5.41) is 20.0. The van der Waals surface area contributed by atoms with E-state index in [2.05, 4.69) is 33.1 Å². The molecule has 0 unspecified atom stereocenters. The van der Waals surface area contributed by atoms with E-state index in [0.717, 1.165) is 51.8 Å². The van der Waals surface area contributed by atoms with Crippen LogP contribution in [0.15, 0.2) is 54.7 Å². The molecule has 5 aromatic rings. The lowest BCUT2D eigenvalue weighted by Crippen LogP contribution is -2.27. The smallest absolute Gasteiger partial charge is 0.153 e. The van der Waals surface area contributed by atoms with Crippen LogP contribution in [0.1, 0.15) is 49.6 Å². The zero-order chi connectivity index (χ0) is 26.6. The molecule has 0 saturated carbocycles. The Hall–Kier alpha value is -3.62. The number of benzene rings is 2. The van der Waals surface area contributed by atoms with Crippen LogP contribution in [0.3, 0.4) is 0 Å². The van der Waals surface area contributed by atoms with E-state index in [9.17, 15) is 5.11 Å². The second kappa shape index (κ2) is 9.29. The predicted octanol–water partition coefficient (Wildman–Crippen LogP) is 5.68. The summed E-state index contributed by atoms with van der Waals surface area (Å²) in [7, 11) is 1.86. The van der Waals surface area contributed by atoms with Crippen LogP contribution in [-0.2, 0) is 17.4 Å². The van der Waals surface area contributed by atoms with Gasteiger partial charge >= 0.3 is 0 Å². The molecule has 1 atom stereocenters. The van der Waals surface area contributed by atoms with Gasteiger partial charge in [-0.25, -0.2) is 9.07 Å². The van der Waals surface area contributed by atoms with Crippen molar-refractivity contribution in [3.05, 3.63) is 77.4 Å². The number of aromatic nitrogens is 5. The fourth-order valence-electron chi connectivity index (χ4n) is 6.02. The maximum Gasteiger partial charge on any atom is 0.153 e. The predicted molar refractivity (Wildman–Crippen MR) is 145 cm³/mol. The minimum Gasteiger partial charge on any atom is -0.386 e. The normalized spacial score (nSPS) is 15.9. The zero-order valence-electron chi connectivity index (χ0n) is 22.1. The van der Waals surface area contributed by atoms with E-state index in [1.807, 2.05) is 44.4 Å². The number of halogens is 1. The Balaban J connectivity index is 1.73. The number of aryl methyl sites for hydroxylation is 2. The van der Waals surface area contributed by atoms with Crippen LogP contribution in [0.4, 0.5) is 4.39 Å². The molecule has 2 aromatic carbocycles. The van der Waals surface area contributed by atoms with E-state index in [1.54, 1.807) is 24.6 Å². The summed E-state index contributed by atoms with van der Waals surface area (Å²) in [5.74, 6) is -0.181. The van der Waals surface area contributed by atoms with Crippen LogP contribution < -0.4 is 0 Å². The van der Waals surface area contributed by atoms with Gasteiger partial charge < -0.3 is 14.4 Å². The summed E-state index contributed by atoms with van der Waals surface area (Å²) in [6.45, 7) is 6.50. The first-order chi connectivity index (χ1) is 18.3. The van der Waals surface area contributed by atoms with Crippen LogP contribution in [0, 0.1) is 18.7 Å². The van der Waals surface area contributed by atoms with Gasteiger partial charge in [-0.15, -0.1) is 5.10 Å². The topological polar surface area (TPSA) is 78.0 Å². The highest BCUT2D eigenvalue weighted by molar-refractivity contribution is 6.07. The van der Waals surface area contributed by atoms with Crippen molar-refractivity contribution in [2.75, 3.05) is 13.2 Å². The number of pyridine rings is 1. The van der Waals surface area contributed by atoms with Gasteiger partial charge in [-0.1, -0.05) is 47.7 Å². The van der Waals surface area contributed by atoms with E-state index < -0.39 is 11.4 Å². The molecule has 1 saturated heterocycles. The summed E-state index contributed by atoms with van der Waals surface area (Å²) >= 11 is 0. The largest absolute Gasteiger partial charge is 0.386 e. The third kappa shape index (κ3) is 3.99. The van der Waals surface area contributed by atoms with E-state index in [1.165, 1.54) is 0 Å². The third-order valence-corrected chi connectivity index (χ3v) is 7.80. The van der Waals surface area contributed by atoms with Gasteiger partial charge in [0.05, 0.1) is 39.6 Å². The number of ether oxygens (including phenoxy) is 1. The van der Waals surface area contributed by atoms with E-state index >= 15 is 4.39 Å². The van der Waals surface area contributed by atoms with Crippen LogP contribution in [0.5, 0.6) is 0 Å². The van der Waals surface area contributed by atoms with Crippen molar-refractivity contribution < 1.29 is 14.2 Å². The van der Waals surface area contributed by atoms with Gasteiger partial charge in [0.25, 0.3) is 0 Å². The molecule has 38 heavy (non-hydrogen) atoms. The van der Waals surface area contributed by atoms with Crippen molar-refractivity contribution >= 4 is 21.9 Å². The van der Waals surface area contributed by atoms with Crippen molar-refractivity contribution in [2.24, 2.45) is 13.0 Å². The highest BCUT2D eigenvalue weighted by atomic mass is 19.1. The highest BCUT2D eigenvalue weighted by Gasteiger charge is 2.33. The fourth-order valence-corrected chi connectivity index (χ4v) is 6.02. The summed E-state index contributed by atoms with van der Waals surface area (Å²) < 4.78 is 26.1. The molecule has 7 nitrogen and oxygen atoms in total. The van der Waals surface area contributed by atoms with Crippen molar-refractivity contribution in [3.8, 4) is 11.3 Å². The Morgan fingerprint density at radius 1 is 1.11 bits per heavy atom. The first kappa shape index (κ1) is 24.7. The van der Waals surface area contributed by atoms with Crippen molar-refractivity contribution in [1.29, 1.82) is 0 Å². The van der Waals surface area contributed by atoms with E-state index in [0.29, 0.717) is 18.7 Å². The van der Waals surface area contributed by atoms with Gasteiger partial charge in [0.1, 0.15) is 0 Å². The summed E-state index contributed by atoms with van der Waals surface area (Å²) in [5.41, 5.74) is 4.60. The molecule has 0 spiro atoms. The molecule has 6 rings (SSSR count). The molecule has 1 aliphatic heterocycles. The molecule has 3 aromatic heterocycles. The van der Waals surface area contributed by atoms with Crippen LogP contribution in [0.25, 0.3) is 33.2 Å². The Morgan fingerprint density at radius 3 is 2.50 bits per heavy atom. The number of rotatable bonds is 5. The molecule has 0 aliphatic carbocycles. The van der Waals surface area contributed by atoms with E-state index in [4.69, 9.17) is 9.72 Å². The third-order valence-electron chi connectivity index (χ3n) is 7.80. The van der Waals surface area contributed by atoms with Gasteiger partial charge in [0.15, 0.2) is 5.82 Å². The molecule has 0 amide bonds. The zero-order valence-corrected chi connectivity index (χ0v) is 22.1. The summed E-state index contributed by atoms with van der Waals surface area (Å²) in [6, 6.07) is 15.8. The number of aliphatic hydroxyl groups is 1. The van der Waals surface area contributed by atoms with Crippen molar-refractivity contribution in [1.82, 2.24) is 24.5 Å². The van der Waals surface area contributed by atoms with Gasteiger partial charge in [-0.3, -0.25) is 4.98 Å². The standard InChI is InChI=1S/C30H32FN5O2/c1-18-27(35(4)34-33-18)21-16-24-26(32-17-21)22-10-11-23(30(2,3)37)25(31)29(22)36(24)28(19-8-6-5-7-9-19)20-12-14-38-15-13-20/h5-11,16-17,20,28,37H,12-15H2,1-4H3/t28-/m1/s1. The lowest BCUT2D eigenvalue weighted by molar-refractivity contribution is 0.0552. The monoisotopic (exact) mass is 513 g/mol. The number of fused-ring (bicyclic) bond motifs is 3. The lowest BCUT2D eigenvalue weighted by Gasteiger charge is -2.33. The van der Waals surface area contributed by atoms with Crippen molar-refractivity contribution in [3.63, 3.8) is 0 Å². The second-order valence-corrected chi connectivity index (χ2v) is 10.8. The molecule has 0 radical (unpaired) electrons. The van der Waals surface area contributed by atoms with Crippen LogP contribution >= 0.6 is 0 Å². The van der Waals surface area contributed by atoms with Gasteiger partial charge in [0, 0.05) is 43.0 Å². The van der Waals surface area contributed by atoms with Crippen molar-refractivity contribution in [2.45, 2.75) is 45.3 Å². The number of hydrogen-bond donors (Lipinski definition) is 1. The Bertz CT molecular complexity index is 1610. The minimum absolute atomic E-state index is 0.144. The molecule has 4 heterocycles. The molecule has 1 N–H and O–H groups in total. The molecular formula is C30H32FN5O2. The molecule has 196 valence electrons. The molecule has 0 bridgehead atoms. The van der Waals surface area contributed by atoms with Gasteiger partial charge in [-0.2, -0.15) is 0 Å². The van der Waals surface area contributed by atoms with Crippen LogP contribution in [0.2, 0.25) is 0 Å². The average molecular weight is 514 g/mol. The first-order valence-electron chi connectivity index (χ1n) is 13.1. The maximum absolute atomic E-state index is 16.6. The van der Waals surface area contributed by atoms with E-state index in [-0.39, 0.29) is 17.5 Å². The number of nitrogens with zero attached hydrogens (tertiary/aromatic N) is 5. The molecule has 1 aliphatic rings.